The Kier molecular flexibility index (Phi) is 7.48. The third-order valence-electron chi connectivity index (χ3n) is 8.00. The summed E-state index contributed by atoms with van der Waals surface area (Å²) < 4.78 is 30.7. The molecule has 10 nitrogen and oxygen atoms in total. The third kappa shape index (κ3) is 4.86. The van der Waals surface area contributed by atoms with Crippen LogP contribution in [0.4, 0.5) is 4.39 Å². The van der Waals surface area contributed by atoms with Crippen molar-refractivity contribution in [2.24, 2.45) is 7.05 Å². The van der Waals surface area contributed by atoms with Gasteiger partial charge in [0.05, 0.1) is 48.0 Å². The number of ether oxygens (including phenoxy) is 2. The van der Waals surface area contributed by atoms with Gasteiger partial charge in [-0.25, -0.2) is 19.3 Å². The van der Waals surface area contributed by atoms with Crippen molar-refractivity contribution in [1.82, 2.24) is 24.4 Å². The number of halogens is 2. The van der Waals surface area contributed by atoms with E-state index in [0.717, 1.165) is 0 Å². The van der Waals surface area contributed by atoms with E-state index in [1.54, 1.807) is 55.3 Å². The lowest BCUT2D eigenvalue weighted by molar-refractivity contribution is -0.149. The van der Waals surface area contributed by atoms with Crippen LogP contribution in [0.15, 0.2) is 61.3 Å². The predicted octanol–water partition coefficient (Wildman–Crippen LogP) is 4.18. The number of amides is 1. The highest BCUT2D eigenvalue weighted by Gasteiger charge is 2.56. The molecule has 1 unspecified atom stereocenters. The Hall–Kier alpha value is -4.21. The van der Waals surface area contributed by atoms with Gasteiger partial charge in [-0.05, 0) is 42.7 Å². The molecule has 12 heteroatoms. The van der Waals surface area contributed by atoms with E-state index in [-0.39, 0.29) is 47.7 Å². The fourth-order valence-electron chi connectivity index (χ4n) is 5.77. The Bertz CT molecular complexity index is 1720. The van der Waals surface area contributed by atoms with Gasteiger partial charge in [-0.3, -0.25) is 9.69 Å². The fraction of sp³-hybridized carbons (Fsp3) is 0.323. The number of benzene rings is 2. The van der Waals surface area contributed by atoms with Gasteiger partial charge in [-0.2, -0.15) is 5.26 Å². The van der Waals surface area contributed by atoms with Crippen molar-refractivity contribution in [1.29, 1.82) is 5.26 Å². The number of aromatic nitrogens is 4. The smallest absolute Gasteiger partial charge is 0.257 e. The first-order chi connectivity index (χ1) is 20.7. The van der Waals surface area contributed by atoms with Crippen molar-refractivity contribution in [2.45, 2.75) is 43.7 Å². The SMILES string of the molecule is CCC(O)(c1cc(F)c2c(c1)C(=O)N(Cc1ncc(C#N)cn1)[C@@]2(O[C@H]1CCOC1)c1ccc(Cl)cc1)c1cn(C)cn1. The standard InChI is InChI=1S/C31H28ClFN6O4/c1-3-30(41,26-15-38(2)18-37-26)21-10-24-28(25(33)11-21)31(43-23-8-9-42-17-23,20-4-6-22(32)7-5-20)39(29(24)40)16-27-35-13-19(12-34)14-36-27/h4-7,10-11,13-15,18,23,41H,3,8-9,16-17H2,1-2H3/t23-,30?,31+/m0/s1. The minimum Gasteiger partial charge on any atom is -0.379 e. The number of aryl methyl sites for hydroxylation is 1. The molecule has 0 radical (unpaired) electrons. The van der Waals surface area contributed by atoms with Crippen LogP contribution < -0.4 is 0 Å². The number of hydrogen-bond acceptors (Lipinski definition) is 8. The highest BCUT2D eigenvalue weighted by Crippen LogP contribution is 2.50. The van der Waals surface area contributed by atoms with Crippen LogP contribution in [0.5, 0.6) is 0 Å². The molecular weight excluding hydrogens is 575 g/mol. The van der Waals surface area contributed by atoms with E-state index >= 15 is 4.39 Å². The number of fused-ring (bicyclic) bond motifs is 1. The molecule has 1 saturated heterocycles. The first-order valence-electron chi connectivity index (χ1n) is 13.8. The Morgan fingerprint density at radius 3 is 2.60 bits per heavy atom. The van der Waals surface area contributed by atoms with Crippen LogP contribution in [0.2, 0.25) is 5.02 Å². The first kappa shape index (κ1) is 28.9. The van der Waals surface area contributed by atoms with E-state index < -0.39 is 29.2 Å². The van der Waals surface area contributed by atoms with Crippen molar-refractivity contribution in [2.75, 3.05) is 13.2 Å². The first-order valence-corrected chi connectivity index (χ1v) is 14.2. The number of carbonyl (C=O) groups excluding carboxylic acids is 1. The Morgan fingerprint density at radius 2 is 2.00 bits per heavy atom. The number of nitrogens with zero attached hydrogens (tertiary/aromatic N) is 6. The maximum Gasteiger partial charge on any atom is 0.257 e. The fourth-order valence-corrected chi connectivity index (χ4v) is 5.90. The number of aliphatic hydroxyl groups is 1. The van der Waals surface area contributed by atoms with E-state index in [9.17, 15) is 15.2 Å². The van der Waals surface area contributed by atoms with Crippen molar-refractivity contribution in [3.05, 3.63) is 111 Å². The largest absolute Gasteiger partial charge is 0.379 e. The zero-order valence-electron chi connectivity index (χ0n) is 23.5. The van der Waals surface area contributed by atoms with Gasteiger partial charge in [-0.15, -0.1) is 0 Å². The Labute approximate surface area is 252 Å². The summed E-state index contributed by atoms with van der Waals surface area (Å²) in [6.45, 7) is 2.31. The maximum absolute atomic E-state index is 16.7. The van der Waals surface area contributed by atoms with Crippen LogP contribution >= 0.6 is 11.6 Å². The topological polar surface area (TPSA) is 126 Å². The molecule has 4 aromatic rings. The van der Waals surface area contributed by atoms with Crippen LogP contribution in [0.25, 0.3) is 0 Å². The monoisotopic (exact) mass is 602 g/mol. The lowest BCUT2D eigenvalue weighted by Crippen LogP contribution is -2.49. The van der Waals surface area contributed by atoms with E-state index in [2.05, 4.69) is 15.0 Å². The van der Waals surface area contributed by atoms with E-state index in [0.29, 0.717) is 29.3 Å². The van der Waals surface area contributed by atoms with Gasteiger partial charge in [0.1, 0.15) is 23.3 Å². The average Bonchev–Trinajstić information content (AvgIpc) is 3.75. The molecule has 0 aliphatic carbocycles. The predicted molar refractivity (Wildman–Crippen MR) is 152 cm³/mol. The van der Waals surface area contributed by atoms with Crippen LogP contribution in [0, 0.1) is 17.1 Å². The van der Waals surface area contributed by atoms with Crippen molar-refractivity contribution >= 4 is 17.5 Å². The van der Waals surface area contributed by atoms with Crippen molar-refractivity contribution in [3.8, 4) is 6.07 Å². The second-order valence-electron chi connectivity index (χ2n) is 10.7. The summed E-state index contributed by atoms with van der Waals surface area (Å²) in [7, 11) is 1.77. The zero-order valence-corrected chi connectivity index (χ0v) is 24.3. The van der Waals surface area contributed by atoms with Gasteiger partial charge in [0, 0.05) is 42.8 Å². The summed E-state index contributed by atoms with van der Waals surface area (Å²) in [4.78, 5) is 28.7. The lowest BCUT2D eigenvalue weighted by Gasteiger charge is -2.41. The van der Waals surface area contributed by atoms with E-state index in [1.165, 1.54) is 29.4 Å². The normalized spacial score (nSPS) is 21.1. The number of hydrogen-bond donors (Lipinski definition) is 1. The molecule has 1 amide bonds. The second-order valence-corrected chi connectivity index (χ2v) is 11.1. The highest BCUT2D eigenvalue weighted by molar-refractivity contribution is 6.30. The number of rotatable bonds is 8. The van der Waals surface area contributed by atoms with Gasteiger partial charge in [0.2, 0.25) is 5.72 Å². The summed E-state index contributed by atoms with van der Waals surface area (Å²) in [6.07, 6.45) is 6.18. The Balaban J connectivity index is 1.58. The molecule has 4 heterocycles. The molecule has 2 aromatic carbocycles. The molecule has 6 rings (SSSR count). The minimum atomic E-state index is -1.75. The van der Waals surface area contributed by atoms with Gasteiger partial charge in [0.25, 0.3) is 5.91 Å². The maximum atomic E-state index is 16.7. The van der Waals surface area contributed by atoms with Crippen molar-refractivity contribution in [3.63, 3.8) is 0 Å². The summed E-state index contributed by atoms with van der Waals surface area (Å²) in [6, 6.07) is 11.4. The Morgan fingerprint density at radius 1 is 1.26 bits per heavy atom. The zero-order chi connectivity index (χ0) is 30.4. The van der Waals surface area contributed by atoms with Crippen LogP contribution in [0.1, 0.15) is 63.9 Å². The van der Waals surface area contributed by atoms with Crippen LogP contribution in [0.3, 0.4) is 0 Å². The molecule has 1 fully saturated rings. The molecule has 0 saturated carbocycles. The number of carbonyl (C=O) groups is 1. The average molecular weight is 603 g/mol. The van der Waals surface area contributed by atoms with E-state index in [1.807, 2.05) is 6.07 Å². The highest BCUT2D eigenvalue weighted by atomic mass is 35.5. The molecule has 220 valence electrons. The van der Waals surface area contributed by atoms with Gasteiger partial charge in [0.15, 0.2) is 0 Å². The quantitative estimate of drug-likeness (QED) is 0.318. The minimum absolute atomic E-state index is 0.00333. The summed E-state index contributed by atoms with van der Waals surface area (Å²) in [5.74, 6) is -1.05. The van der Waals surface area contributed by atoms with Crippen molar-refractivity contribution < 1.29 is 23.8 Å². The molecule has 3 atom stereocenters. The molecule has 0 spiro atoms. The molecule has 0 bridgehead atoms. The molecule has 2 aromatic heterocycles. The summed E-state index contributed by atoms with van der Waals surface area (Å²) >= 11 is 6.24. The molecular formula is C31H28ClFN6O4. The van der Waals surface area contributed by atoms with Gasteiger partial charge >= 0.3 is 0 Å². The second kappa shape index (κ2) is 11.1. The van der Waals surface area contributed by atoms with Crippen LogP contribution in [-0.2, 0) is 34.4 Å². The van der Waals surface area contributed by atoms with Gasteiger partial charge < -0.3 is 19.1 Å². The molecule has 2 aliphatic heterocycles. The van der Waals surface area contributed by atoms with Crippen LogP contribution in [-0.4, -0.2) is 54.8 Å². The summed E-state index contributed by atoms with van der Waals surface area (Å²) in [5, 5.41) is 21.5. The lowest BCUT2D eigenvalue weighted by atomic mass is 9.84. The molecule has 2 aliphatic rings. The number of nitriles is 1. The van der Waals surface area contributed by atoms with E-state index in [4.69, 9.17) is 21.1 Å². The van der Waals surface area contributed by atoms with Gasteiger partial charge in [-0.1, -0.05) is 30.7 Å². The third-order valence-corrected chi connectivity index (χ3v) is 8.25. The molecule has 43 heavy (non-hydrogen) atoms. The summed E-state index contributed by atoms with van der Waals surface area (Å²) in [5.41, 5.74) is -2.14. The molecule has 1 N–H and O–H groups in total. The number of imidazole rings is 1.